The van der Waals surface area contributed by atoms with Gasteiger partial charge in [0, 0.05) is 17.6 Å². The van der Waals surface area contributed by atoms with Crippen LogP contribution in [0.2, 0.25) is 5.02 Å². The molecule has 1 aromatic carbocycles. The number of anilines is 1. The Balaban J connectivity index is 1.93. The lowest BCUT2D eigenvalue weighted by atomic mass is 10.2. The van der Waals surface area contributed by atoms with Crippen molar-refractivity contribution in [3.05, 3.63) is 49.8 Å². The van der Waals surface area contributed by atoms with Gasteiger partial charge in [-0.1, -0.05) is 18.5 Å². The minimum atomic E-state index is -0.382. The molecule has 0 aliphatic heterocycles. The molecule has 0 unspecified atom stereocenters. The largest absolute Gasteiger partial charge is 0.495 e. The Morgan fingerprint density at radius 3 is 2.71 bits per heavy atom. The Morgan fingerprint density at radius 2 is 2.03 bits per heavy atom. The standard InChI is InChI=1S/C21H23ClN4O4S/c1-5-6-23-16(27)9-26-10-24-20-17(21(26)29)12(3)18(31-20)19(28)25-14-7-11(2)13(22)8-15(14)30-4/h7-8,10H,5-6,9H2,1-4H3,(H,23,27)(H,25,28). The van der Waals surface area contributed by atoms with Gasteiger partial charge in [0.2, 0.25) is 5.91 Å². The summed E-state index contributed by atoms with van der Waals surface area (Å²) in [5, 5.41) is 6.42. The lowest BCUT2D eigenvalue weighted by Crippen LogP contribution is -2.32. The zero-order chi connectivity index (χ0) is 22.7. The molecule has 2 amide bonds. The van der Waals surface area contributed by atoms with Crippen LogP contribution in [-0.4, -0.2) is 35.0 Å². The first kappa shape index (κ1) is 22.8. The molecule has 0 saturated heterocycles. The summed E-state index contributed by atoms with van der Waals surface area (Å²) in [5.41, 5.74) is 1.42. The normalized spacial score (nSPS) is 10.9. The first-order chi connectivity index (χ1) is 14.8. The zero-order valence-electron chi connectivity index (χ0n) is 17.7. The van der Waals surface area contributed by atoms with Crippen LogP contribution in [0.1, 0.15) is 34.1 Å². The van der Waals surface area contributed by atoms with Gasteiger partial charge in [-0.25, -0.2) is 4.98 Å². The van der Waals surface area contributed by atoms with Crippen molar-refractivity contribution < 1.29 is 14.3 Å². The Morgan fingerprint density at radius 1 is 1.29 bits per heavy atom. The highest BCUT2D eigenvalue weighted by Crippen LogP contribution is 2.33. The van der Waals surface area contributed by atoms with Crippen LogP contribution in [0.4, 0.5) is 5.69 Å². The SMILES string of the molecule is CCCNC(=O)Cn1cnc2sc(C(=O)Nc3cc(C)c(Cl)cc3OC)c(C)c2c1=O. The molecule has 0 fully saturated rings. The van der Waals surface area contributed by atoms with Crippen LogP contribution >= 0.6 is 22.9 Å². The second kappa shape index (κ2) is 9.49. The molecular weight excluding hydrogens is 440 g/mol. The number of aromatic nitrogens is 2. The number of fused-ring (bicyclic) bond motifs is 1. The van der Waals surface area contributed by atoms with Gasteiger partial charge in [0.25, 0.3) is 11.5 Å². The topological polar surface area (TPSA) is 102 Å². The van der Waals surface area contributed by atoms with Gasteiger partial charge in [0.05, 0.1) is 29.4 Å². The van der Waals surface area contributed by atoms with Gasteiger partial charge in [0.15, 0.2) is 0 Å². The molecule has 0 bridgehead atoms. The van der Waals surface area contributed by atoms with Gasteiger partial charge in [0.1, 0.15) is 17.1 Å². The van der Waals surface area contributed by atoms with Gasteiger partial charge in [-0.05, 0) is 37.5 Å². The molecule has 2 N–H and O–H groups in total. The molecule has 0 spiro atoms. The van der Waals surface area contributed by atoms with Crippen molar-refractivity contribution in [2.75, 3.05) is 19.0 Å². The predicted molar refractivity (Wildman–Crippen MR) is 123 cm³/mol. The quantitative estimate of drug-likeness (QED) is 0.559. The highest BCUT2D eigenvalue weighted by molar-refractivity contribution is 7.20. The van der Waals surface area contributed by atoms with Crippen molar-refractivity contribution >= 4 is 50.7 Å². The van der Waals surface area contributed by atoms with Crippen LogP contribution in [-0.2, 0) is 11.3 Å². The maximum atomic E-state index is 13.0. The van der Waals surface area contributed by atoms with Crippen LogP contribution in [0.15, 0.2) is 23.3 Å². The first-order valence-corrected chi connectivity index (χ1v) is 10.9. The first-order valence-electron chi connectivity index (χ1n) is 9.67. The minimum absolute atomic E-state index is 0.125. The maximum Gasteiger partial charge on any atom is 0.266 e. The third kappa shape index (κ3) is 4.72. The molecule has 0 aliphatic rings. The van der Waals surface area contributed by atoms with E-state index in [1.165, 1.54) is 18.0 Å². The number of aryl methyl sites for hydroxylation is 2. The number of ether oxygens (including phenoxy) is 1. The number of hydrogen-bond donors (Lipinski definition) is 2. The lowest BCUT2D eigenvalue weighted by molar-refractivity contribution is -0.121. The van der Waals surface area contributed by atoms with Crippen molar-refractivity contribution in [2.24, 2.45) is 0 Å². The minimum Gasteiger partial charge on any atom is -0.495 e. The lowest BCUT2D eigenvalue weighted by Gasteiger charge is -2.12. The fourth-order valence-corrected chi connectivity index (χ4v) is 4.26. The number of nitrogens with zero attached hydrogens (tertiary/aromatic N) is 2. The zero-order valence-corrected chi connectivity index (χ0v) is 19.2. The van der Waals surface area contributed by atoms with Gasteiger partial charge in [-0.15, -0.1) is 11.3 Å². The number of carbonyl (C=O) groups is 2. The van der Waals surface area contributed by atoms with E-state index in [2.05, 4.69) is 15.6 Å². The molecule has 10 heteroatoms. The van der Waals surface area contributed by atoms with Crippen molar-refractivity contribution in [2.45, 2.75) is 33.7 Å². The van der Waals surface area contributed by atoms with Crippen molar-refractivity contribution in [3.63, 3.8) is 0 Å². The van der Waals surface area contributed by atoms with Crippen LogP contribution in [0.25, 0.3) is 10.2 Å². The van der Waals surface area contributed by atoms with Gasteiger partial charge >= 0.3 is 0 Å². The monoisotopic (exact) mass is 462 g/mol. The molecule has 2 aromatic heterocycles. The number of halogens is 1. The molecule has 31 heavy (non-hydrogen) atoms. The van der Waals surface area contributed by atoms with E-state index in [1.54, 1.807) is 19.1 Å². The smallest absolute Gasteiger partial charge is 0.266 e. The number of nitrogens with one attached hydrogen (secondary N) is 2. The fraction of sp³-hybridized carbons (Fsp3) is 0.333. The van der Waals surface area contributed by atoms with Crippen LogP contribution in [0.5, 0.6) is 5.75 Å². The number of benzene rings is 1. The molecule has 0 radical (unpaired) electrons. The molecule has 2 heterocycles. The highest BCUT2D eigenvalue weighted by Gasteiger charge is 2.21. The summed E-state index contributed by atoms with van der Waals surface area (Å²) in [5.74, 6) is -0.213. The summed E-state index contributed by atoms with van der Waals surface area (Å²) in [6.07, 6.45) is 2.14. The average Bonchev–Trinajstić information content (AvgIpc) is 3.08. The number of thiophene rings is 1. The van der Waals surface area contributed by atoms with Crippen molar-refractivity contribution in [1.82, 2.24) is 14.9 Å². The molecule has 8 nitrogen and oxygen atoms in total. The third-order valence-electron chi connectivity index (χ3n) is 4.74. The van der Waals surface area contributed by atoms with E-state index in [0.717, 1.165) is 23.3 Å². The number of carbonyl (C=O) groups excluding carboxylic acids is 2. The summed E-state index contributed by atoms with van der Waals surface area (Å²) in [4.78, 5) is 43.0. The summed E-state index contributed by atoms with van der Waals surface area (Å²) in [6.45, 7) is 5.88. The van der Waals surface area contributed by atoms with E-state index in [1.807, 2.05) is 13.8 Å². The molecule has 0 atom stereocenters. The highest BCUT2D eigenvalue weighted by atomic mass is 35.5. The second-order valence-corrected chi connectivity index (χ2v) is 8.43. The van der Waals surface area contributed by atoms with Crippen LogP contribution in [0, 0.1) is 13.8 Å². The molecular formula is C21H23ClN4O4S. The number of rotatable bonds is 7. The summed E-state index contributed by atoms with van der Waals surface area (Å²) >= 11 is 7.25. The summed E-state index contributed by atoms with van der Waals surface area (Å²) < 4.78 is 6.56. The Bertz CT molecular complexity index is 1220. The number of methoxy groups -OCH3 is 1. The fourth-order valence-electron chi connectivity index (χ4n) is 3.07. The van der Waals surface area contributed by atoms with Crippen LogP contribution in [0.3, 0.4) is 0 Å². The van der Waals surface area contributed by atoms with Gasteiger partial charge in [-0.3, -0.25) is 19.0 Å². The van der Waals surface area contributed by atoms with E-state index in [0.29, 0.717) is 43.7 Å². The molecule has 0 saturated carbocycles. The van der Waals surface area contributed by atoms with Gasteiger partial charge < -0.3 is 15.4 Å². The Kier molecular flexibility index (Phi) is 6.97. The second-order valence-electron chi connectivity index (χ2n) is 7.02. The molecule has 164 valence electrons. The summed E-state index contributed by atoms with van der Waals surface area (Å²) in [7, 11) is 1.49. The molecule has 0 aliphatic carbocycles. The summed E-state index contributed by atoms with van der Waals surface area (Å²) in [6, 6.07) is 3.36. The number of hydrogen-bond acceptors (Lipinski definition) is 6. The Labute approximate surface area is 188 Å². The van der Waals surface area contributed by atoms with Gasteiger partial charge in [-0.2, -0.15) is 0 Å². The van der Waals surface area contributed by atoms with Crippen LogP contribution < -0.4 is 20.9 Å². The predicted octanol–water partition coefficient (Wildman–Crippen LogP) is 3.52. The van der Waals surface area contributed by atoms with Crippen molar-refractivity contribution in [3.8, 4) is 5.75 Å². The van der Waals surface area contributed by atoms with E-state index in [4.69, 9.17) is 16.3 Å². The average molecular weight is 463 g/mol. The number of amides is 2. The Hall–Kier alpha value is -2.91. The maximum absolute atomic E-state index is 13.0. The molecule has 3 aromatic rings. The molecule has 3 rings (SSSR count). The van der Waals surface area contributed by atoms with E-state index < -0.39 is 0 Å². The van der Waals surface area contributed by atoms with E-state index in [9.17, 15) is 14.4 Å². The third-order valence-corrected chi connectivity index (χ3v) is 6.34. The van der Waals surface area contributed by atoms with E-state index >= 15 is 0 Å². The van der Waals surface area contributed by atoms with Crippen molar-refractivity contribution in [1.29, 1.82) is 0 Å². The van der Waals surface area contributed by atoms with E-state index in [-0.39, 0.29) is 23.9 Å².